The first kappa shape index (κ1) is 18.6. The highest BCUT2D eigenvalue weighted by atomic mass is 16.5. The molecule has 2 rings (SSSR count). The number of ether oxygens (including phenoxy) is 1. The molecule has 6 heteroatoms. The highest BCUT2D eigenvalue weighted by Gasteiger charge is 2.21. The van der Waals surface area contributed by atoms with E-state index in [0.717, 1.165) is 24.1 Å². The van der Waals surface area contributed by atoms with Crippen LogP contribution in [0.3, 0.4) is 0 Å². The summed E-state index contributed by atoms with van der Waals surface area (Å²) in [6, 6.07) is 12.5. The van der Waals surface area contributed by atoms with Gasteiger partial charge in [-0.3, -0.25) is 9.78 Å². The molecule has 0 aliphatic rings. The molecule has 6 nitrogen and oxygen atoms in total. The van der Waals surface area contributed by atoms with Gasteiger partial charge >= 0.3 is 5.97 Å². The standard InChI is InChI=1S/C19H23N3O3/c1-25-19(24)17(9-5-6-12-20)22-18(23)15-10-11-16(21-13-15)14-7-3-2-4-8-14/h2-4,7-8,10-11,13,17H,5-6,9,12,20H2,1H3,(H,22,23)/t17-/m0/s1. The van der Waals surface area contributed by atoms with Crippen molar-refractivity contribution in [3.63, 3.8) is 0 Å². The lowest BCUT2D eigenvalue weighted by Crippen LogP contribution is -2.41. The summed E-state index contributed by atoms with van der Waals surface area (Å²) in [7, 11) is 1.31. The van der Waals surface area contributed by atoms with E-state index >= 15 is 0 Å². The zero-order valence-corrected chi connectivity index (χ0v) is 14.3. The average Bonchev–Trinajstić information content (AvgIpc) is 2.67. The van der Waals surface area contributed by atoms with E-state index in [1.807, 2.05) is 30.3 Å². The first-order valence-electron chi connectivity index (χ1n) is 8.26. The highest BCUT2D eigenvalue weighted by molar-refractivity contribution is 5.96. The Kier molecular flexibility index (Phi) is 7.10. The molecule has 0 aliphatic heterocycles. The van der Waals surface area contributed by atoms with Gasteiger partial charge in [-0.15, -0.1) is 0 Å². The SMILES string of the molecule is COC(=O)[C@H](CCCCN)NC(=O)c1ccc(-c2ccccc2)nc1. The molecule has 0 saturated heterocycles. The van der Waals surface area contributed by atoms with Crippen LogP contribution >= 0.6 is 0 Å². The van der Waals surface area contributed by atoms with Crippen LogP contribution in [0.5, 0.6) is 0 Å². The van der Waals surface area contributed by atoms with Gasteiger partial charge in [0.25, 0.3) is 5.91 Å². The first-order chi connectivity index (χ1) is 12.2. The van der Waals surface area contributed by atoms with E-state index in [1.165, 1.54) is 13.3 Å². The fourth-order valence-electron chi connectivity index (χ4n) is 2.43. The predicted molar refractivity (Wildman–Crippen MR) is 95.8 cm³/mol. The van der Waals surface area contributed by atoms with Crippen molar-refractivity contribution in [2.24, 2.45) is 5.73 Å². The number of nitrogens with one attached hydrogen (secondary N) is 1. The monoisotopic (exact) mass is 341 g/mol. The van der Waals surface area contributed by atoms with Crippen molar-refractivity contribution >= 4 is 11.9 Å². The fraction of sp³-hybridized carbons (Fsp3) is 0.316. The minimum absolute atomic E-state index is 0.352. The Labute approximate surface area is 147 Å². The number of pyridine rings is 1. The van der Waals surface area contributed by atoms with Crippen LogP contribution in [0, 0.1) is 0 Å². The third-order valence-corrected chi connectivity index (χ3v) is 3.83. The molecular weight excluding hydrogens is 318 g/mol. The van der Waals surface area contributed by atoms with E-state index in [2.05, 4.69) is 10.3 Å². The van der Waals surface area contributed by atoms with E-state index in [4.69, 9.17) is 10.5 Å². The van der Waals surface area contributed by atoms with Gasteiger partial charge < -0.3 is 15.8 Å². The van der Waals surface area contributed by atoms with Gasteiger partial charge in [0.05, 0.1) is 18.4 Å². The normalized spacial score (nSPS) is 11.6. The molecule has 25 heavy (non-hydrogen) atoms. The van der Waals surface area contributed by atoms with Crippen LogP contribution in [0.1, 0.15) is 29.6 Å². The van der Waals surface area contributed by atoms with Gasteiger partial charge in [-0.1, -0.05) is 30.3 Å². The third-order valence-electron chi connectivity index (χ3n) is 3.83. The number of unbranched alkanes of at least 4 members (excludes halogenated alkanes) is 1. The van der Waals surface area contributed by atoms with Crippen LogP contribution in [0.4, 0.5) is 0 Å². The number of esters is 1. The Morgan fingerprint density at radius 3 is 2.52 bits per heavy atom. The maximum atomic E-state index is 12.4. The Hall–Kier alpha value is -2.73. The fourth-order valence-corrected chi connectivity index (χ4v) is 2.43. The minimum Gasteiger partial charge on any atom is -0.467 e. The van der Waals surface area contributed by atoms with Gasteiger partial charge in [-0.05, 0) is 37.9 Å². The van der Waals surface area contributed by atoms with Crippen LogP contribution in [0.25, 0.3) is 11.3 Å². The minimum atomic E-state index is -0.683. The van der Waals surface area contributed by atoms with Crippen molar-refractivity contribution in [3.05, 3.63) is 54.2 Å². The van der Waals surface area contributed by atoms with E-state index in [1.54, 1.807) is 12.1 Å². The second-order valence-electron chi connectivity index (χ2n) is 5.63. The summed E-state index contributed by atoms with van der Waals surface area (Å²) in [4.78, 5) is 28.5. The molecule has 0 bridgehead atoms. The smallest absolute Gasteiger partial charge is 0.328 e. The molecule has 3 N–H and O–H groups in total. The van der Waals surface area contributed by atoms with Crippen molar-refractivity contribution in [1.29, 1.82) is 0 Å². The summed E-state index contributed by atoms with van der Waals surface area (Å²) in [5.74, 6) is -0.811. The van der Waals surface area contributed by atoms with Gasteiger partial charge in [0.1, 0.15) is 6.04 Å². The van der Waals surface area contributed by atoms with Gasteiger partial charge in [0.2, 0.25) is 0 Å². The number of amides is 1. The zero-order chi connectivity index (χ0) is 18.1. The van der Waals surface area contributed by atoms with Crippen molar-refractivity contribution < 1.29 is 14.3 Å². The molecule has 2 aromatic rings. The molecule has 0 radical (unpaired) electrons. The first-order valence-corrected chi connectivity index (χ1v) is 8.26. The number of hydrogen-bond donors (Lipinski definition) is 2. The summed E-state index contributed by atoms with van der Waals surface area (Å²) in [6.45, 7) is 0.548. The maximum absolute atomic E-state index is 12.4. The molecule has 1 amide bonds. The zero-order valence-electron chi connectivity index (χ0n) is 14.3. The van der Waals surface area contributed by atoms with Crippen LogP contribution in [0.15, 0.2) is 48.7 Å². The lowest BCUT2D eigenvalue weighted by molar-refractivity contribution is -0.143. The second-order valence-corrected chi connectivity index (χ2v) is 5.63. The lowest BCUT2D eigenvalue weighted by atomic mass is 10.1. The number of rotatable bonds is 8. The topological polar surface area (TPSA) is 94.3 Å². The molecule has 132 valence electrons. The summed E-state index contributed by atoms with van der Waals surface area (Å²) in [5, 5.41) is 2.71. The summed E-state index contributed by atoms with van der Waals surface area (Å²) >= 11 is 0. The van der Waals surface area contributed by atoms with Crippen molar-refractivity contribution in [2.45, 2.75) is 25.3 Å². The summed E-state index contributed by atoms with van der Waals surface area (Å²) < 4.78 is 4.76. The number of nitrogens with zero attached hydrogens (tertiary/aromatic N) is 1. The summed E-state index contributed by atoms with van der Waals surface area (Å²) in [5.41, 5.74) is 7.62. The quantitative estimate of drug-likeness (QED) is 0.567. The Morgan fingerprint density at radius 1 is 1.16 bits per heavy atom. The largest absolute Gasteiger partial charge is 0.467 e. The van der Waals surface area contributed by atoms with E-state index in [0.29, 0.717) is 18.5 Å². The van der Waals surface area contributed by atoms with Gasteiger partial charge in [0.15, 0.2) is 0 Å². The molecular formula is C19H23N3O3. The number of benzene rings is 1. The molecule has 1 aromatic carbocycles. The Balaban J connectivity index is 2.04. The molecule has 1 aromatic heterocycles. The van der Waals surface area contributed by atoms with E-state index in [9.17, 15) is 9.59 Å². The van der Waals surface area contributed by atoms with Crippen LogP contribution in [-0.4, -0.2) is 36.6 Å². The van der Waals surface area contributed by atoms with Gasteiger partial charge in [0, 0.05) is 11.8 Å². The molecule has 0 unspecified atom stereocenters. The molecule has 0 saturated carbocycles. The van der Waals surface area contributed by atoms with Crippen molar-refractivity contribution in [2.75, 3.05) is 13.7 Å². The number of methoxy groups -OCH3 is 1. The van der Waals surface area contributed by atoms with E-state index < -0.39 is 12.0 Å². The van der Waals surface area contributed by atoms with Crippen LogP contribution in [-0.2, 0) is 9.53 Å². The van der Waals surface area contributed by atoms with Crippen molar-refractivity contribution in [3.8, 4) is 11.3 Å². The number of hydrogen-bond acceptors (Lipinski definition) is 5. The molecule has 1 atom stereocenters. The Bertz CT molecular complexity index is 687. The third kappa shape index (κ3) is 5.39. The van der Waals surface area contributed by atoms with Gasteiger partial charge in [-0.2, -0.15) is 0 Å². The van der Waals surface area contributed by atoms with Crippen LogP contribution < -0.4 is 11.1 Å². The molecule has 0 fully saturated rings. The predicted octanol–water partition coefficient (Wildman–Crippen LogP) is 2.15. The molecule has 1 heterocycles. The number of nitrogens with two attached hydrogens (primary N) is 1. The highest BCUT2D eigenvalue weighted by Crippen LogP contribution is 2.16. The van der Waals surface area contributed by atoms with Gasteiger partial charge in [-0.25, -0.2) is 4.79 Å². The van der Waals surface area contributed by atoms with Crippen molar-refractivity contribution in [1.82, 2.24) is 10.3 Å². The number of aromatic nitrogens is 1. The average molecular weight is 341 g/mol. The molecule has 0 spiro atoms. The summed E-state index contributed by atoms with van der Waals surface area (Å²) in [6.07, 6.45) is 3.52. The van der Waals surface area contributed by atoms with Crippen LogP contribution in [0.2, 0.25) is 0 Å². The Morgan fingerprint density at radius 2 is 1.92 bits per heavy atom. The lowest BCUT2D eigenvalue weighted by Gasteiger charge is -2.16. The maximum Gasteiger partial charge on any atom is 0.328 e. The van der Waals surface area contributed by atoms with E-state index in [-0.39, 0.29) is 5.91 Å². The number of carbonyl (C=O) groups excluding carboxylic acids is 2. The second kappa shape index (κ2) is 9.54. The number of carbonyl (C=O) groups is 2. The molecule has 0 aliphatic carbocycles.